The largest absolute Gasteiger partial charge is 0.411 e. The fraction of sp³-hybridized carbons (Fsp3) is 0.143. The zero-order valence-electron chi connectivity index (χ0n) is 24.1. The predicted molar refractivity (Wildman–Crippen MR) is 174 cm³/mol. The van der Waals surface area contributed by atoms with Crippen molar-refractivity contribution in [3.05, 3.63) is 114 Å². The highest BCUT2D eigenvalue weighted by Crippen LogP contribution is 2.25. The quantitative estimate of drug-likeness (QED) is 0.0417. The van der Waals surface area contributed by atoms with Crippen LogP contribution in [-0.2, 0) is 0 Å². The molecule has 0 aliphatic carbocycles. The Morgan fingerprint density at radius 3 is 0.935 bits per heavy atom. The van der Waals surface area contributed by atoms with E-state index in [1.165, 1.54) is 11.4 Å². The van der Waals surface area contributed by atoms with Crippen LogP contribution < -0.4 is 9.80 Å². The van der Waals surface area contributed by atoms with E-state index >= 15 is 0 Å². The second-order valence-corrected chi connectivity index (χ2v) is 10.8. The van der Waals surface area contributed by atoms with Crippen molar-refractivity contribution in [3.63, 3.8) is 0 Å². The molecule has 8 nitrogen and oxygen atoms in total. The number of benzene rings is 2. The number of hydrogen-bond donors (Lipinski definition) is 2. The van der Waals surface area contributed by atoms with Gasteiger partial charge in [-0.2, -0.15) is 0 Å². The molecular formula is C28H24F8I2N6O2. The van der Waals surface area contributed by atoms with Gasteiger partial charge in [-0.3, -0.25) is 9.97 Å². The fourth-order valence-electron chi connectivity index (χ4n) is 2.87. The van der Waals surface area contributed by atoms with Crippen molar-refractivity contribution in [1.82, 2.24) is 9.97 Å². The van der Waals surface area contributed by atoms with E-state index in [1.807, 2.05) is 62.3 Å². The summed E-state index contributed by atoms with van der Waals surface area (Å²) in [7, 11) is 8.04. The van der Waals surface area contributed by atoms with E-state index in [4.69, 9.17) is 10.4 Å². The lowest BCUT2D eigenvalue weighted by Crippen LogP contribution is -2.07. The van der Waals surface area contributed by atoms with Gasteiger partial charge in [-0.15, -0.1) is 0 Å². The summed E-state index contributed by atoms with van der Waals surface area (Å²) >= 11 is 2.26. The molecule has 0 spiro atoms. The third-order valence-electron chi connectivity index (χ3n) is 5.22. The molecule has 2 aromatic carbocycles. The van der Waals surface area contributed by atoms with E-state index in [-0.39, 0.29) is 12.4 Å². The van der Waals surface area contributed by atoms with Crippen LogP contribution in [0.25, 0.3) is 0 Å². The number of halogens is 10. The predicted octanol–water partition coefficient (Wildman–Crippen LogP) is 7.61. The molecule has 46 heavy (non-hydrogen) atoms. The van der Waals surface area contributed by atoms with Crippen LogP contribution in [0, 0.1) is 53.7 Å². The van der Waals surface area contributed by atoms with Gasteiger partial charge in [0.1, 0.15) is 0 Å². The van der Waals surface area contributed by atoms with Crippen molar-refractivity contribution in [2.45, 2.75) is 0 Å². The normalized spacial score (nSPS) is 10.4. The summed E-state index contributed by atoms with van der Waals surface area (Å²) < 4.78 is 101. The standard InChI is InChI=1S/2C7H2F4INO.2C7H10N2/c2*8-3-2(1-13-14)4(9)6(11)7(12)5(3)10;2*1-9(2)7-3-5-8-6-4-7/h2*1,14H;2*3-6H,1-2H3/b2*13-1+;;. The summed E-state index contributed by atoms with van der Waals surface area (Å²) in [5.41, 5.74) is 0.265. The smallest absolute Gasteiger partial charge is 0.175 e. The molecule has 4 aromatic rings. The molecule has 4 rings (SSSR count). The molecule has 248 valence electrons. The number of rotatable bonds is 4. The van der Waals surface area contributed by atoms with Crippen molar-refractivity contribution < 1.29 is 45.5 Å². The van der Waals surface area contributed by atoms with Crippen molar-refractivity contribution in [2.24, 2.45) is 10.3 Å². The summed E-state index contributed by atoms with van der Waals surface area (Å²) in [5, 5.41) is 20.6. The number of hydrogen-bond acceptors (Lipinski definition) is 8. The number of aromatic nitrogens is 2. The van der Waals surface area contributed by atoms with Crippen LogP contribution >= 0.6 is 45.2 Å². The molecule has 2 N–H and O–H groups in total. The maximum Gasteiger partial charge on any atom is 0.175 e. The summed E-state index contributed by atoms with van der Waals surface area (Å²) in [6.45, 7) is 0. The first-order valence-corrected chi connectivity index (χ1v) is 14.3. The number of pyridine rings is 2. The first-order chi connectivity index (χ1) is 21.6. The maximum absolute atomic E-state index is 12.9. The van der Waals surface area contributed by atoms with E-state index in [0.717, 1.165) is 45.2 Å². The van der Waals surface area contributed by atoms with Crippen LogP contribution in [0.5, 0.6) is 0 Å². The van der Waals surface area contributed by atoms with Gasteiger partial charge in [0.25, 0.3) is 0 Å². The molecule has 0 fully saturated rings. The van der Waals surface area contributed by atoms with Crippen LogP contribution in [0.3, 0.4) is 0 Å². The van der Waals surface area contributed by atoms with Crippen LogP contribution in [0.4, 0.5) is 46.5 Å². The van der Waals surface area contributed by atoms with E-state index in [9.17, 15) is 35.1 Å². The SMILES string of the molecule is CN(C)c1ccncc1.CN(C)c1ccncc1.O/N=C/c1c(F)c(F)c(I)c(F)c1F.O/N=C/c1c(F)c(F)c(I)c(F)c1F. The van der Waals surface area contributed by atoms with Crippen molar-refractivity contribution >= 4 is 69.0 Å². The molecule has 0 saturated carbocycles. The highest BCUT2D eigenvalue weighted by atomic mass is 127. The number of anilines is 2. The third-order valence-corrected chi connectivity index (χ3v) is 7.11. The van der Waals surface area contributed by atoms with Crippen LogP contribution in [-0.4, -0.2) is 61.0 Å². The van der Waals surface area contributed by atoms with Crippen molar-refractivity contribution in [3.8, 4) is 0 Å². The third kappa shape index (κ3) is 11.2. The van der Waals surface area contributed by atoms with E-state index < -0.39 is 64.8 Å². The molecule has 0 amide bonds. The molecule has 0 unspecified atom stereocenters. The Hall–Kier alpha value is -3.82. The van der Waals surface area contributed by atoms with Crippen LogP contribution in [0.2, 0.25) is 0 Å². The molecule has 0 aliphatic rings. The minimum Gasteiger partial charge on any atom is -0.411 e. The van der Waals surface area contributed by atoms with Crippen LogP contribution in [0.15, 0.2) is 59.4 Å². The van der Waals surface area contributed by atoms with Crippen molar-refractivity contribution in [2.75, 3.05) is 38.0 Å². The van der Waals surface area contributed by atoms with Gasteiger partial charge < -0.3 is 20.2 Å². The second kappa shape index (κ2) is 19.6. The Morgan fingerprint density at radius 2 is 0.761 bits per heavy atom. The van der Waals surface area contributed by atoms with Gasteiger partial charge in [-0.1, -0.05) is 10.3 Å². The zero-order chi connectivity index (χ0) is 35.1. The van der Waals surface area contributed by atoms with Gasteiger partial charge >= 0.3 is 0 Å². The first-order valence-electron chi connectivity index (χ1n) is 12.1. The van der Waals surface area contributed by atoms with Gasteiger partial charge in [0.05, 0.1) is 30.7 Å². The number of nitrogens with zero attached hydrogens (tertiary/aromatic N) is 6. The molecule has 0 radical (unpaired) electrons. The Kier molecular flexibility index (Phi) is 17.2. The summed E-state index contributed by atoms with van der Waals surface area (Å²) in [6, 6.07) is 7.89. The lowest BCUT2D eigenvalue weighted by Gasteiger charge is -2.10. The summed E-state index contributed by atoms with van der Waals surface area (Å²) in [5.74, 6) is -12.4. The fourth-order valence-corrected chi connectivity index (χ4v) is 3.82. The molecule has 0 bridgehead atoms. The van der Waals surface area contributed by atoms with Gasteiger partial charge in [-0.05, 0) is 69.4 Å². The molecule has 0 saturated heterocycles. The summed E-state index contributed by atoms with van der Waals surface area (Å²) in [4.78, 5) is 11.9. The van der Waals surface area contributed by atoms with Gasteiger partial charge in [0.2, 0.25) is 0 Å². The Morgan fingerprint density at radius 1 is 0.522 bits per heavy atom. The Labute approximate surface area is 285 Å². The lowest BCUT2D eigenvalue weighted by molar-refractivity contribution is 0.321. The first kappa shape index (κ1) is 40.2. The highest BCUT2D eigenvalue weighted by molar-refractivity contribution is 14.1. The molecular weight excluding hydrogens is 858 g/mol. The minimum atomic E-state index is -1.59. The average Bonchev–Trinajstić information content (AvgIpc) is 3.06. The van der Waals surface area contributed by atoms with Gasteiger partial charge in [0, 0.05) is 64.4 Å². The van der Waals surface area contributed by atoms with E-state index in [0.29, 0.717) is 0 Å². The average molecular weight is 882 g/mol. The van der Waals surface area contributed by atoms with Gasteiger partial charge in [-0.25, -0.2) is 35.1 Å². The Bertz CT molecular complexity index is 1460. The van der Waals surface area contributed by atoms with Gasteiger partial charge in [0.15, 0.2) is 46.5 Å². The minimum absolute atomic E-state index is 0.285. The molecule has 2 heterocycles. The maximum atomic E-state index is 12.9. The zero-order valence-corrected chi connectivity index (χ0v) is 28.4. The van der Waals surface area contributed by atoms with Crippen LogP contribution in [0.1, 0.15) is 11.1 Å². The molecule has 0 atom stereocenters. The number of oxime groups is 2. The van der Waals surface area contributed by atoms with Crippen molar-refractivity contribution in [1.29, 1.82) is 0 Å². The molecule has 2 aromatic heterocycles. The summed E-state index contributed by atoms with van der Waals surface area (Å²) in [6.07, 6.45) is 7.72. The highest BCUT2D eigenvalue weighted by Gasteiger charge is 2.23. The lowest BCUT2D eigenvalue weighted by atomic mass is 10.2. The van der Waals surface area contributed by atoms with E-state index in [1.54, 1.807) is 24.8 Å². The molecule has 0 aliphatic heterocycles. The molecule has 18 heteroatoms. The topological polar surface area (TPSA) is 97.4 Å². The Balaban J connectivity index is 0.000000313. The monoisotopic (exact) mass is 882 g/mol. The van der Waals surface area contributed by atoms with E-state index in [2.05, 4.69) is 20.3 Å². The second-order valence-electron chi connectivity index (χ2n) is 8.66.